The second-order valence-corrected chi connectivity index (χ2v) is 5.25. The van der Waals surface area contributed by atoms with Gasteiger partial charge in [-0.2, -0.15) is 0 Å². The molecule has 1 rings (SSSR count). The van der Waals surface area contributed by atoms with Crippen LogP contribution >= 0.6 is 0 Å². The molecule has 0 aliphatic rings. The van der Waals surface area contributed by atoms with Crippen LogP contribution in [0.5, 0.6) is 0 Å². The van der Waals surface area contributed by atoms with E-state index in [4.69, 9.17) is 0 Å². The summed E-state index contributed by atoms with van der Waals surface area (Å²) >= 11 is 0. The van der Waals surface area contributed by atoms with Crippen LogP contribution in [-0.2, 0) is 0 Å². The second kappa shape index (κ2) is 4.92. The molecule has 1 aromatic rings. The topological polar surface area (TPSA) is 57.2 Å². The first-order valence-electron chi connectivity index (χ1n) is 5.98. The first kappa shape index (κ1) is 13.8. The zero-order valence-corrected chi connectivity index (χ0v) is 11.3. The molecular weight excluding hydrogens is 214 g/mol. The first-order chi connectivity index (χ1) is 7.76. The van der Waals surface area contributed by atoms with Gasteiger partial charge in [0.2, 0.25) is 0 Å². The average molecular weight is 237 g/mol. The highest BCUT2D eigenvalue weighted by Gasteiger charge is 2.35. The number of hydrogen-bond acceptors (Lipinski definition) is 4. The van der Waals surface area contributed by atoms with Gasteiger partial charge in [-0.1, -0.05) is 6.07 Å². The quantitative estimate of drug-likeness (QED) is 0.736. The summed E-state index contributed by atoms with van der Waals surface area (Å²) in [5, 5.41) is 16.5. The summed E-state index contributed by atoms with van der Waals surface area (Å²) in [5.74, 6) is 1.60. The molecule has 0 saturated carbocycles. The molecule has 1 aromatic heterocycles. The average Bonchev–Trinajstić information content (AvgIpc) is 2.16. The van der Waals surface area contributed by atoms with E-state index >= 15 is 0 Å². The van der Waals surface area contributed by atoms with E-state index in [0.717, 1.165) is 18.2 Å². The van der Waals surface area contributed by atoms with Gasteiger partial charge < -0.3 is 15.7 Å². The number of aromatic nitrogens is 1. The van der Waals surface area contributed by atoms with Crippen LogP contribution in [0.2, 0.25) is 0 Å². The molecule has 4 nitrogen and oxygen atoms in total. The zero-order valence-electron chi connectivity index (χ0n) is 11.3. The van der Waals surface area contributed by atoms with Crippen molar-refractivity contribution in [2.24, 2.45) is 0 Å². The molecule has 0 atom stereocenters. The van der Waals surface area contributed by atoms with E-state index in [1.54, 1.807) is 13.8 Å². The van der Waals surface area contributed by atoms with Crippen molar-refractivity contribution in [3.8, 4) is 0 Å². The molecule has 0 spiro atoms. The van der Waals surface area contributed by atoms with E-state index in [9.17, 15) is 5.11 Å². The standard InChI is InChI=1S/C13H23N3O/c1-6-14-10-8-7-9-11(15-10)16-12(2,3)13(4,5)17/h7-9,17H,6H2,1-5H3,(H2,14,15,16). The van der Waals surface area contributed by atoms with Gasteiger partial charge in [0.25, 0.3) is 0 Å². The number of anilines is 2. The molecule has 0 amide bonds. The monoisotopic (exact) mass is 237 g/mol. The van der Waals surface area contributed by atoms with E-state index in [2.05, 4.69) is 15.6 Å². The van der Waals surface area contributed by atoms with Gasteiger partial charge in [-0.15, -0.1) is 0 Å². The summed E-state index contributed by atoms with van der Waals surface area (Å²) in [6.07, 6.45) is 0. The van der Waals surface area contributed by atoms with Crippen molar-refractivity contribution < 1.29 is 5.11 Å². The normalized spacial score (nSPS) is 12.4. The van der Waals surface area contributed by atoms with Gasteiger partial charge in [-0.3, -0.25) is 0 Å². The Morgan fingerprint density at radius 3 is 2.29 bits per heavy atom. The maximum atomic E-state index is 10.1. The van der Waals surface area contributed by atoms with Gasteiger partial charge >= 0.3 is 0 Å². The molecular formula is C13H23N3O. The summed E-state index contributed by atoms with van der Waals surface area (Å²) in [6, 6.07) is 5.76. The molecule has 3 N–H and O–H groups in total. The lowest BCUT2D eigenvalue weighted by Crippen LogP contribution is -2.51. The van der Waals surface area contributed by atoms with Crippen molar-refractivity contribution in [2.45, 2.75) is 45.8 Å². The highest BCUT2D eigenvalue weighted by Crippen LogP contribution is 2.25. The third-order valence-corrected chi connectivity index (χ3v) is 3.08. The minimum absolute atomic E-state index is 0.454. The molecule has 0 aromatic carbocycles. The van der Waals surface area contributed by atoms with E-state index in [0.29, 0.717) is 0 Å². The summed E-state index contributed by atoms with van der Waals surface area (Å²) in [6.45, 7) is 10.3. The predicted molar refractivity (Wildman–Crippen MR) is 72.4 cm³/mol. The lowest BCUT2D eigenvalue weighted by Gasteiger charge is -2.38. The van der Waals surface area contributed by atoms with E-state index in [-0.39, 0.29) is 0 Å². The molecule has 96 valence electrons. The number of aliphatic hydroxyl groups is 1. The number of nitrogens with zero attached hydrogens (tertiary/aromatic N) is 1. The Hall–Kier alpha value is -1.29. The van der Waals surface area contributed by atoms with Gasteiger partial charge in [0.1, 0.15) is 11.6 Å². The highest BCUT2D eigenvalue weighted by molar-refractivity contribution is 5.46. The fourth-order valence-electron chi connectivity index (χ4n) is 1.26. The molecule has 0 aliphatic heterocycles. The van der Waals surface area contributed by atoms with Crippen molar-refractivity contribution in [3.05, 3.63) is 18.2 Å². The predicted octanol–water partition coefficient (Wildman–Crippen LogP) is 2.47. The van der Waals surface area contributed by atoms with E-state index in [1.807, 2.05) is 39.0 Å². The lowest BCUT2D eigenvalue weighted by molar-refractivity contribution is 0.0239. The molecule has 0 fully saturated rings. The summed E-state index contributed by atoms with van der Waals surface area (Å²) < 4.78 is 0. The molecule has 1 heterocycles. The zero-order chi connectivity index (χ0) is 13.1. The van der Waals surface area contributed by atoms with E-state index < -0.39 is 11.1 Å². The first-order valence-corrected chi connectivity index (χ1v) is 5.98. The third-order valence-electron chi connectivity index (χ3n) is 3.08. The smallest absolute Gasteiger partial charge is 0.128 e. The van der Waals surface area contributed by atoms with E-state index in [1.165, 1.54) is 0 Å². The number of hydrogen-bond donors (Lipinski definition) is 3. The van der Waals surface area contributed by atoms with Crippen molar-refractivity contribution in [1.29, 1.82) is 0 Å². The lowest BCUT2D eigenvalue weighted by atomic mass is 9.86. The minimum atomic E-state index is -0.830. The molecule has 4 heteroatoms. The Morgan fingerprint density at radius 2 is 1.76 bits per heavy atom. The molecule has 0 unspecified atom stereocenters. The van der Waals surface area contributed by atoms with Crippen LogP contribution < -0.4 is 10.6 Å². The second-order valence-electron chi connectivity index (χ2n) is 5.25. The molecule has 17 heavy (non-hydrogen) atoms. The maximum absolute atomic E-state index is 10.1. The number of nitrogens with one attached hydrogen (secondary N) is 2. The van der Waals surface area contributed by atoms with Gasteiger partial charge in [0, 0.05) is 6.54 Å². The summed E-state index contributed by atoms with van der Waals surface area (Å²) in [7, 11) is 0. The Kier molecular flexibility index (Phi) is 3.98. The van der Waals surface area contributed by atoms with Crippen molar-refractivity contribution >= 4 is 11.6 Å². The van der Waals surface area contributed by atoms with Crippen LogP contribution in [0.25, 0.3) is 0 Å². The fourth-order valence-corrected chi connectivity index (χ4v) is 1.26. The van der Waals surface area contributed by atoms with Crippen LogP contribution in [0.1, 0.15) is 34.6 Å². The molecule has 0 saturated heterocycles. The van der Waals surface area contributed by atoms with Gasteiger partial charge in [0.15, 0.2) is 0 Å². The molecule has 0 aliphatic carbocycles. The van der Waals surface area contributed by atoms with Crippen LogP contribution in [-0.4, -0.2) is 27.8 Å². The van der Waals surface area contributed by atoms with Crippen molar-refractivity contribution in [3.63, 3.8) is 0 Å². The Labute approximate surface area is 103 Å². The van der Waals surface area contributed by atoms with Gasteiger partial charge in [-0.05, 0) is 46.8 Å². The molecule has 0 radical (unpaired) electrons. The van der Waals surface area contributed by atoms with Crippen LogP contribution in [0, 0.1) is 0 Å². The SMILES string of the molecule is CCNc1cccc(NC(C)(C)C(C)(C)O)n1. The van der Waals surface area contributed by atoms with Crippen LogP contribution in [0.3, 0.4) is 0 Å². The fraction of sp³-hybridized carbons (Fsp3) is 0.615. The summed E-state index contributed by atoms with van der Waals surface area (Å²) in [4.78, 5) is 4.43. The Balaban J connectivity index is 2.84. The van der Waals surface area contributed by atoms with Crippen molar-refractivity contribution in [2.75, 3.05) is 17.2 Å². The number of pyridine rings is 1. The Bertz CT molecular complexity index is 369. The largest absolute Gasteiger partial charge is 0.388 e. The van der Waals surface area contributed by atoms with Crippen LogP contribution in [0.4, 0.5) is 11.6 Å². The molecule has 0 bridgehead atoms. The maximum Gasteiger partial charge on any atom is 0.128 e. The number of rotatable bonds is 5. The van der Waals surface area contributed by atoms with Gasteiger partial charge in [0.05, 0.1) is 11.1 Å². The van der Waals surface area contributed by atoms with Gasteiger partial charge in [-0.25, -0.2) is 4.98 Å². The Morgan fingerprint density at radius 1 is 1.18 bits per heavy atom. The third kappa shape index (κ3) is 3.60. The van der Waals surface area contributed by atoms with Crippen LogP contribution in [0.15, 0.2) is 18.2 Å². The summed E-state index contributed by atoms with van der Waals surface area (Å²) in [5.41, 5.74) is -1.28. The van der Waals surface area contributed by atoms with Crippen molar-refractivity contribution in [1.82, 2.24) is 4.98 Å². The minimum Gasteiger partial charge on any atom is -0.388 e. The highest BCUT2D eigenvalue weighted by atomic mass is 16.3.